The molecule has 1 atom stereocenters. The molecular formula is C19H29IN4S. The van der Waals surface area contributed by atoms with Crippen molar-refractivity contribution >= 4 is 41.3 Å². The first-order valence-electron chi connectivity index (χ1n) is 8.60. The van der Waals surface area contributed by atoms with E-state index in [1.165, 1.54) is 15.4 Å². The van der Waals surface area contributed by atoms with Gasteiger partial charge in [-0.3, -0.25) is 4.99 Å². The maximum absolute atomic E-state index is 4.72. The van der Waals surface area contributed by atoms with Gasteiger partial charge in [0.15, 0.2) is 5.96 Å². The van der Waals surface area contributed by atoms with Crippen LogP contribution in [0, 0.1) is 13.8 Å². The molecular weight excluding hydrogens is 443 g/mol. The average Bonchev–Trinajstić information content (AvgIpc) is 2.91. The van der Waals surface area contributed by atoms with Gasteiger partial charge in [0, 0.05) is 36.9 Å². The number of nitrogens with zero attached hydrogens (tertiary/aromatic N) is 2. The molecule has 0 spiro atoms. The lowest BCUT2D eigenvalue weighted by Gasteiger charge is -2.13. The zero-order valence-corrected chi connectivity index (χ0v) is 18.7. The number of halogens is 1. The second-order valence-electron chi connectivity index (χ2n) is 5.96. The summed E-state index contributed by atoms with van der Waals surface area (Å²) < 4.78 is 0. The highest BCUT2D eigenvalue weighted by Crippen LogP contribution is 2.16. The van der Waals surface area contributed by atoms with Gasteiger partial charge in [0.05, 0.1) is 10.7 Å². The zero-order valence-electron chi connectivity index (χ0n) is 15.5. The van der Waals surface area contributed by atoms with Crippen molar-refractivity contribution in [1.82, 2.24) is 15.6 Å². The summed E-state index contributed by atoms with van der Waals surface area (Å²) in [5, 5.41) is 7.91. The standard InChI is InChI=1S/C19H28N4S.HI/c1-5-20-19(21-12-11-18-23-15(3)16(4)24-18)22-13-14(2)17-9-7-6-8-10-17;/h6-10,14H,5,11-13H2,1-4H3,(H2,20,21,22);1H. The third-order valence-corrected chi connectivity index (χ3v) is 5.07. The second kappa shape index (κ2) is 11.5. The number of aromatic nitrogens is 1. The highest BCUT2D eigenvalue weighted by molar-refractivity contribution is 14.0. The van der Waals surface area contributed by atoms with Crippen LogP contribution in [-0.4, -0.2) is 30.6 Å². The first-order valence-corrected chi connectivity index (χ1v) is 9.41. The van der Waals surface area contributed by atoms with Gasteiger partial charge in [-0.1, -0.05) is 37.3 Å². The Bertz CT molecular complexity index is 635. The van der Waals surface area contributed by atoms with E-state index in [4.69, 9.17) is 4.99 Å². The molecule has 6 heteroatoms. The Balaban J connectivity index is 0.00000312. The third kappa shape index (κ3) is 7.32. The summed E-state index contributed by atoms with van der Waals surface area (Å²) in [5.41, 5.74) is 2.47. The Morgan fingerprint density at radius 3 is 2.52 bits per heavy atom. The van der Waals surface area contributed by atoms with E-state index >= 15 is 0 Å². The molecule has 1 unspecified atom stereocenters. The summed E-state index contributed by atoms with van der Waals surface area (Å²) in [6, 6.07) is 10.5. The van der Waals surface area contributed by atoms with Crippen LogP contribution in [0.5, 0.6) is 0 Å². The van der Waals surface area contributed by atoms with Gasteiger partial charge in [-0.25, -0.2) is 4.98 Å². The lowest BCUT2D eigenvalue weighted by atomic mass is 10.0. The summed E-state index contributed by atoms with van der Waals surface area (Å²) >= 11 is 1.78. The highest BCUT2D eigenvalue weighted by atomic mass is 127. The van der Waals surface area contributed by atoms with Crippen molar-refractivity contribution in [2.24, 2.45) is 4.99 Å². The van der Waals surface area contributed by atoms with Crippen LogP contribution in [0.1, 0.15) is 40.9 Å². The van der Waals surface area contributed by atoms with Crippen molar-refractivity contribution in [3.63, 3.8) is 0 Å². The first-order chi connectivity index (χ1) is 11.6. The van der Waals surface area contributed by atoms with E-state index in [2.05, 4.69) is 67.6 Å². The van der Waals surface area contributed by atoms with Gasteiger partial charge in [0.2, 0.25) is 0 Å². The normalized spacial score (nSPS) is 12.4. The van der Waals surface area contributed by atoms with Gasteiger partial charge in [0.25, 0.3) is 0 Å². The monoisotopic (exact) mass is 472 g/mol. The number of guanidine groups is 1. The number of rotatable bonds is 7. The van der Waals surface area contributed by atoms with Crippen LogP contribution in [0.4, 0.5) is 0 Å². The van der Waals surface area contributed by atoms with Crippen molar-refractivity contribution in [3.8, 4) is 0 Å². The fourth-order valence-electron chi connectivity index (χ4n) is 2.39. The molecule has 1 aromatic heterocycles. The molecule has 0 radical (unpaired) electrons. The predicted octanol–water partition coefficient (Wildman–Crippen LogP) is 4.28. The molecule has 0 aliphatic carbocycles. The molecule has 2 aromatic rings. The van der Waals surface area contributed by atoms with E-state index in [9.17, 15) is 0 Å². The SMILES string of the molecule is CCNC(=NCC(C)c1ccccc1)NCCc1nc(C)c(C)s1.I. The number of hydrogen-bond donors (Lipinski definition) is 2. The molecule has 25 heavy (non-hydrogen) atoms. The summed E-state index contributed by atoms with van der Waals surface area (Å²) in [7, 11) is 0. The lowest BCUT2D eigenvalue weighted by molar-refractivity contribution is 0.745. The van der Waals surface area contributed by atoms with Crippen LogP contribution in [0.2, 0.25) is 0 Å². The molecule has 2 rings (SSSR count). The summed E-state index contributed by atoms with van der Waals surface area (Å²) in [5.74, 6) is 1.29. The van der Waals surface area contributed by atoms with Crippen LogP contribution in [-0.2, 0) is 6.42 Å². The molecule has 0 amide bonds. The number of hydrogen-bond acceptors (Lipinski definition) is 3. The number of aryl methyl sites for hydroxylation is 2. The van der Waals surface area contributed by atoms with Gasteiger partial charge >= 0.3 is 0 Å². The lowest BCUT2D eigenvalue weighted by Crippen LogP contribution is -2.38. The van der Waals surface area contributed by atoms with Crippen LogP contribution < -0.4 is 10.6 Å². The smallest absolute Gasteiger partial charge is 0.191 e. The molecule has 138 valence electrons. The second-order valence-corrected chi connectivity index (χ2v) is 7.25. The van der Waals surface area contributed by atoms with E-state index in [0.717, 1.165) is 37.7 Å². The summed E-state index contributed by atoms with van der Waals surface area (Å²) in [4.78, 5) is 10.6. The van der Waals surface area contributed by atoms with Crippen LogP contribution >= 0.6 is 35.3 Å². The molecule has 0 aliphatic heterocycles. The van der Waals surface area contributed by atoms with E-state index in [1.807, 2.05) is 6.07 Å². The molecule has 0 saturated heterocycles. The molecule has 0 saturated carbocycles. The minimum atomic E-state index is 0. The molecule has 0 bridgehead atoms. The van der Waals surface area contributed by atoms with Crippen molar-refractivity contribution in [1.29, 1.82) is 0 Å². The average molecular weight is 472 g/mol. The fourth-order valence-corrected chi connectivity index (χ4v) is 3.32. The Kier molecular flexibility index (Phi) is 10.0. The van der Waals surface area contributed by atoms with Gasteiger partial charge in [-0.15, -0.1) is 35.3 Å². The Labute approximate surface area is 172 Å². The first kappa shape index (κ1) is 21.9. The van der Waals surface area contributed by atoms with E-state index in [0.29, 0.717) is 5.92 Å². The summed E-state index contributed by atoms with van der Waals surface area (Å²) in [6.45, 7) is 11.0. The number of aliphatic imine (C=N–C) groups is 1. The topological polar surface area (TPSA) is 49.3 Å². The van der Waals surface area contributed by atoms with Crippen molar-refractivity contribution in [2.45, 2.75) is 40.0 Å². The molecule has 4 nitrogen and oxygen atoms in total. The molecule has 1 heterocycles. The Morgan fingerprint density at radius 2 is 1.92 bits per heavy atom. The predicted molar refractivity (Wildman–Crippen MR) is 120 cm³/mol. The van der Waals surface area contributed by atoms with E-state index < -0.39 is 0 Å². The van der Waals surface area contributed by atoms with Crippen molar-refractivity contribution < 1.29 is 0 Å². The molecule has 0 fully saturated rings. The Hall–Kier alpha value is -1.15. The minimum Gasteiger partial charge on any atom is -0.357 e. The maximum Gasteiger partial charge on any atom is 0.191 e. The van der Waals surface area contributed by atoms with Gasteiger partial charge in [-0.05, 0) is 26.3 Å². The minimum absolute atomic E-state index is 0. The van der Waals surface area contributed by atoms with Gasteiger partial charge < -0.3 is 10.6 Å². The van der Waals surface area contributed by atoms with Crippen LogP contribution in [0.15, 0.2) is 35.3 Å². The van der Waals surface area contributed by atoms with E-state index in [-0.39, 0.29) is 24.0 Å². The molecule has 1 aromatic carbocycles. The van der Waals surface area contributed by atoms with Crippen LogP contribution in [0.25, 0.3) is 0 Å². The fraction of sp³-hybridized carbons (Fsp3) is 0.474. The van der Waals surface area contributed by atoms with E-state index in [1.54, 1.807) is 11.3 Å². The molecule has 2 N–H and O–H groups in total. The largest absolute Gasteiger partial charge is 0.357 e. The van der Waals surface area contributed by atoms with Crippen molar-refractivity contribution in [3.05, 3.63) is 51.5 Å². The quantitative estimate of drug-likeness (QED) is 0.359. The number of thiazole rings is 1. The summed E-state index contributed by atoms with van der Waals surface area (Å²) in [6.07, 6.45) is 0.929. The molecule has 0 aliphatic rings. The zero-order chi connectivity index (χ0) is 17.4. The number of benzene rings is 1. The Morgan fingerprint density at radius 1 is 1.20 bits per heavy atom. The highest BCUT2D eigenvalue weighted by Gasteiger charge is 2.06. The van der Waals surface area contributed by atoms with Gasteiger partial charge in [-0.2, -0.15) is 0 Å². The third-order valence-electron chi connectivity index (χ3n) is 3.94. The van der Waals surface area contributed by atoms with Crippen LogP contribution in [0.3, 0.4) is 0 Å². The van der Waals surface area contributed by atoms with Gasteiger partial charge in [0.1, 0.15) is 0 Å². The maximum atomic E-state index is 4.72. The van der Waals surface area contributed by atoms with Crippen molar-refractivity contribution in [2.75, 3.05) is 19.6 Å². The number of nitrogens with one attached hydrogen (secondary N) is 2.